The van der Waals surface area contributed by atoms with Gasteiger partial charge in [-0.25, -0.2) is 4.98 Å². The van der Waals surface area contributed by atoms with Crippen LogP contribution in [0.5, 0.6) is 0 Å². The average Bonchev–Trinajstić information content (AvgIpc) is 2.48. The second-order valence-corrected chi connectivity index (χ2v) is 4.81. The van der Waals surface area contributed by atoms with Crippen molar-refractivity contribution in [3.63, 3.8) is 0 Å². The molecule has 2 heterocycles. The zero-order valence-corrected chi connectivity index (χ0v) is 11.2. The third kappa shape index (κ3) is 2.50. The SMILES string of the molecule is Nc1ncc(-c2ccc(N3CCNCC3)cc2)c(N)n1. The van der Waals surface area contributed by atoms with Crippen molar-refractivity contribution in [2.24, 2.45) is 0 Å². The predicted molar refractivity (Wildman–Crippen MR) is 81.4 cm³/mol. The van der Waals surface area contributed by atoms with Crippen molar-refractivity contribution in [3.05, 3.63) is 30.5 Å². The van der Waals surface area contributed by atoms with E-state index in [0.29, 0.717) is 5.82 Å². The van der Waals surface area contributed by atoms with Gasteiger partial charge >= 0.3 is 0 Å². The van der Waals surface area contributed by atoms with Crippen LogP contribution in [0.1, 0.15) is 0 Å². The highest BCUT2D eigenvalue weighted by Gasteiger charge is 2.11. The predicted octanol–water partition coefficient (Wildman–Crippen LogP) is 0.718. The van der Waals surface area contributed by atoms with Gasteiger partial charge in [-0.3, -0.25) is 0 Å². The van der Waals surface area contributed by atoms with Crippen LogP contribution in [0.25, 0.3) is 11.1 Å². The highest BCUT2D eigenvalue weighted by molar-refractivity contribution is 5.74. The lowest BCUT2D eigenvalue weighted by Gasteiger charge is -2.29. The number of benzene rings is 1. The quantitative estimate of drug-likeness (QED) is 0.744. The van der Waals surface area contributed by atoms with Crippen LogP contribution < -0.4 is 21.7 Å². The van der Waals surface area contributed by atoms with E-state index in [-0.39, 0.29) is 5.95 Å². The minimum atomic E-state index is 0.198. The first-order valence-electron chi connectivity index (χ1n) is 6.68. The number of nitrogen functional groups attached to an aromatic ring is 2. The normalized spacial score (nSPS) is 15.3. The maximum Gasteiger partial charge on any atom is 0.221 e. The van der Waals surface area contributed by atoms with Gasteiger partial charge in [-0.2, -0.15) is 4.98 Å². The van der Waals surface area contributed by atoms with E-state index < -0.39 is 0 Å². The molecule has 0 aliphatic carbocycles. The maximum absolute atomic E-state index is 5.88. The molecule has 1 fully saturated rings. The average molecular weight is 270 g/mol. The van der Waals surface area contributed by atoms with Crippen LogP contribution in [-0.4, -0.2) is 36.1 Å². The van der Waals surface area contributed by atoms with Gasteiger partial charge in [-0.15, -0.1) is 0 Å². The Kier molecular flexibility index (Phi) is 3.39. The largest absolute Gasteiger partial charge is 0.383 e. The van der Waals surface area contributed by atoms with Crippen LogP contribution in [0.15, 0.2) is 30.5 Å². The Morgan fingerprint density at radius 2 is 1.75 bits per heavy atom. The molecule has 6 nitrogen and oxygen atoms in total. The topological polar surface area (TPSA) is 93.1 Å². The van der Waals surface area contributed by atoms with E-state index in [2.05, 4.69) is 32.3 Å². The molecule has 104 valence electrons. The van der Waals surface area contributed by atoms with Crippen molar-refractivity contribution in [3.8, 4) is 11.1 Å². The Bertz CT molecular complexity index is 589. The van der Waals surface area contributed by atoms with Gasteiger partial charge < -0.3 is 21.7 Å². The van der Waals surface area contributed by atoms with E-state index in [0.717, 1.165) is 37.3 Å². The molecule has 1 aromatic heterocycles. The number of nitrogens with one attached hydrogen (secondary N) is 1. The Hall–Kier alpha value is -2.34. The number of nitrogens with zero attached hydrogens (tertiary/aromatic N) is 3. The van der Waals surface area contributed by atoms with E-state index >= 15 is 0 Å². The summed E-state index contributed by atoms with van der Waals surface area (Å²) >= 11 is 0. The molecule has 1 aliphatic heterocycles. The van der Waals surface area contributed by atoms with Crippen molar-refractivity contribution in [2.45, 2.75) is 0 Å². The van der Waals surface area contributed by atoms with Gasteiger partial charge in [0.15, 0.2) is 0 Å². The number of rotatable bonds is 2. The Morgan fingerprint density at radius 3 is 2.40 bits per heavy atom. The summed E-state index contributed by atoms with van der Waals surface area (Å²) in [7, 11) is 0. The molecule has 0 atom stereocenters. The van der Waals surface area contributed by atoms with E-state index in [1.807, 2.05) is 12.1 Å². The molecule has 6 heteroatoms. The monoisotopic (exact) mass is 270 g/mol. The smallest absolute Gasteiger partial charge is 0.221 e. The highest BCUT2D eigenvalue weighted by atomic mass is 15.2. The standard InChI is InChI=1S/C14H18N6/c15-13-12(9-18-14(16)19-13)10-1-3-11(4-2-10)20-7-5-17-6-8-20/h1-4,9,17H,5-8H2,(H4,15,16,18,19). The third-order valence-corrected chi connectivity index (χ3v) is 3.50. The Balaban J connectivity index is 1.85. The lowest BCUT2D eigenvalue weighted by atomic mass is 10.1. The molecule has 5 N–H and O–H groups in total. The van der Waals surface area contributed by atoms with Crippen molar-refractivity contribution < 1.29 is 0 Å². The molecule has 0 unspecified atom stereocenters. The molecule has 0 bridgehead atoms. The number of hydrogen-bond donors (Lipinski definition) is 3. The van der Waals surface area contributed by atoms with Crippen molar-refractivity contribution in [1.82, 2.24) is 15.3 Å². The summed E-state index contributed by atoms with van der Waals surface area (Å²) in [6.45, 7) is 4.12. The second-order valence-electron chi connectivity index (χ2n) is 4.81. The summed E-state index contributed by atoms with van der Waals surface area (Å²) in [5.41, 5.74) is 14.4. The minimum Gasteiger partial charge on any atom is -0.383 e. The van der Waals surface area contributed by atoms with Crippen LogP contribution in [0.3, 0.4) is 0 Å². The number of piperazine rings is 1. The molecule has 0 amide bonds. The molecule has 20 heavy (non-hydrogen) atoms. The Morgan fingerprint density at radius 1 is 1.05 bits per heavy atom. The van der Waals surface area contributed by atoms with Gasteiger partial charge in [-0.05, 0) is 17.7 Å². The molecular weight excluding hydrogens is 252 g/mol. The van der Waals surface area contributed by atoms with Crippen LogP contribution in [0.4, 0.5) is 17.5 Å². The summed E-state index contributed by atoms with van der Waals surface area (Å²) in [5, 5.41) is 3.35. The molecule has 2 aromatic rings. The van der Waals surface area contributed by atoms with Crippen LogP contribution in [0.2, 0.25) is 0 Å². The van der Waals surface area contributed by atoms with Crippen LogP contribution >= 0.6 is 0 Å². The third-order valence-electron chi connectivity index (χ3n) is 3.50. The lowest BCUT2D eigenvalue weighted by Crippen LogP contribution is -2.43. The van der Waals surface area contributed by atoms with Gasteiger partial charge in [0.05, 0.1) is 0 Å². The van der Waals surface area contributed by atoms with E-state index in [4.69, 9.17) is 11.5 Å². The molecule has 0 spiro atoms. The van der Waals surface area contributed by atoms with E-state index in [9.17, 15) is 0 Å². The van der Waals surface area contributed by atoms with Crippen LogP contribution in [-0.2, 0) is 0 Å². The highest BCUT2D eigenvalue weighted by Crippen LogP contribution is 2.26. The summed E-state index contributed by atoms with van der Waals surface area (Å²) < 4.78 is 0. The Labute approximate surface area is 117 Å². The van der Waals surface area contributed by atoms with Crippen molar-refractivity contribution in [2.75, 3.05) is 42.5 Å². The summed E-state index contributed by atoms with van der Waals surface area (Å²) in [6, 6.07) is 8.30. The lowest BCUT2D eigenvalue weighted by molar-refractivity contribution is 0.589. The van der Waals surface area contributed by atoms with E-state index in [1.54, 1.807) is 6.20 Å². The molecule has 1 saturated heterocycles. The molecule has 0 saturated carbocycles. The van der Waals surface area contributed by atoms with Gasteiger partial charge in [0.25, 0.3) is 0 Å². The molecule has 1 aromatic carbocycles. The number of anilines is 3. The van der Waals surface area contributed by atoms with Gasteiger partial charge in [0.1, 0.15) is 5.82 Å². The number of aromatic nitrogens is 2. The fourth-order valence-electron chi connectivity index (χ4n) is 2.41. The molecule has 1 aliphatic rings. The first-order chi connectivity index (χ1) is 9.74. The van der Waals surface area contributed by atoms with Gasteiger partial charge in [0.2, 0.25) is 5.95 Å². The molecular formula is C14H18N6. The second kappa shape index (κ2) is 5.34. The fraction of sp³-hybridized carbons (Fsp3) is 0.286. The minimum absolute atomic E-state index is 0.198. The zero-order chi connectivity index (χ0) is 13.9. The number of hydrogen-bond acceptors (Lipinski definition) is 6. The van der Waals surface area contributed by atoms with Crippen LogP contribution in [0, 0.1) is 0 Å². The first-order valence-corrected chi connectivity index (χ1v) is 6.68. The summed E-state index contributed by atoms with van der Waals surface area (Å²) in [5.74, 6) is 0.608. The summed E-state index contributed by atoms with van der Waals surface area (Å²) in [4.78, 5) is 10.3. The zero-order valence-electron chi connectivity index (χ0n) is 11.2. The van der Waals surface area contributed by atoms with Gasteiger partial charge in [0, 0.05) is 43.6 Å². The first kappa shape index (κ1) is 12.7. The molecule has 0 radical (unpaired) electrons. The van der Waals surface area contributed by atoms with E-state index in [1.165, 1.54) is 5.69 Å². The fourth-order valence-corrected chi connectivity index (χ4v) is 2.41. The summed E-state index contributed by atoms with van der Waals surface area (Å²) in [6.07, 6.45) is 1.66. The maximum atomic E-state index is 5.88. The number of nitrogens with two attached hydrogens (primary N) is 2. The molecule has 3 rings (SSSR count). The van der Waals surface area contributed by atoms with Crippen molar-refractivity contribution >= 4 is 17.5 Å². The van der Waals surface area contributed by atoms with Gasteiger partial charge in [-0.1, -0.05) is 12.1 Å². The van der Waals surface area contributed by atoms with Crippen molar-refractivity contribution in [1.29, 1.82) is 0 Å².